The first-order valence-corrected chi connectivity index (χ1v) is 6.96. The van der Waals surface area contributed by atoms with E-state index in [4.69, 9.17) is 0 Å². The SMILES string of the molecule is CNCc1cc(CN2CCC(C)C2)c(C)s1. The van der Waals surface area contributed by atoms with Gasteiger partial charge in [-0.05, 0) is 44.5 Å². The van der Waals surface area contributed by atoms with Crippen LogP contribution in [0.2, 0.25) is 0 Å². The Morgan fingerprint density at radius 2 is 2.38 bits per heavy atom. The summed E-state index contributed by atoms with van der Waals surface area (Å²) >= 11 is 1.93. The number of hydrogen-bond acceptors (Lipinski definition) is 3. The van der Waals surface area contributed by atoms with E-state index < -0.39 is 0 Å². The first-order chi connectivity index (χ1) is 7.69. The summed E-state index contributed by atoms with van der Waals surface area (Å²) in [5, 5.41) is 3.22. The van der Waals surface area contributed by atoms with E-state index in [1.54, 1.807) is 0 Å². The fraction of sp³-hybridized carbons (Fsp3) is 0.692. The van der Waals surface area contributed by atoms with Gasteiger partial charge in [0.2, 0.25) is 0 Å². The van der Waals surface area contributed by atoms with Gasteiger partial charge in [-0.2, -0.15) is 0 Å². The molecule has 1 saturated heterocycles. The van der Waals surface area contributed by atoms with Gasteiger partial charge >= 0.3 is 0 Å². The van der Waals surface area contributed by atoms with Gasteiger partial charge in [0.15, 0.2) is 0 Å². The third kappa shape index (κ3) is 2.84. The smallest absolute Gasteiger partial charge is 0.0296 e. The fourth-order valence-electron chi connectivity index (χ4n) is 2.42. The van der Waals surface area contributed by atoms with Gasteiger partial charge in [0.25, 0.3) is 0 Å². The predicted molar refractivity (Wildman–Crippen MR) is 70.9 cm³/mol. The van der Waals surface area contributed by atoms with Crippen molar-refractivity contribution in [3.63, 3.8) is 0 Å². The average Bonchev–Trinajstić information content (AvgIpc) is 2.76. The maximum Gasteiger partial charge on any atom is 0.0296 e. The first-order valence-electron chi connectivity index (χ1n) is 6.14. The Morgan fingerprint density at radius 3 is 3.00 bits per heavy atom. The lowest BCUT2D eigenvalue weighted by Gasteiger charge is -2.14. The van der Waals surface area contributed by atoms with Crippen LogP contribution in [0.4, 0.5) is 0 Å². The number of nitrogens with zero attached hydrogens (tertiary/aromatic N) is 1. The summed E-state index contributed by atoms with van der Waals surface area (Å²) in [5.74, 6) is 0.885. The quantitative estimate of drug-likeness (QED) is 0.867. The van der Waals surface area contributed by atoms with Crippen molar-refractivity contribution >= 4 is 11.3 Å². The number of nitrogens with one attached hydrogen (secondary N) is 1. The standard InChI is InChI=1S/C13H22N2S/c1-10-4-5-15(8-10)9-12-6-13(7-14-3)16-11(12)2/h6,10,14H,4-5,7-9H2,1-3H3. The zero-order valence-electron chi connectivity index (χ0n) is 10.5. The molecule has 1 aromatic rings. The lowest BCUT2D eigenvalue weighted by molar-refractivity contribution is 0.320. The monoisotopic (exact) mass is 238 g/mol. The minimum absolute atomic E-state index is 0.885. The Morgan fingerprint density at radius 1 is 1.56 bits per heavy atom. The van der Waals surface area contributed by atoms with E-state index in [2.05, 4.69) is 30.1 Å². The maximum atomic E-state index is 3.22. The third-order valence-corrected chi connectivity index (χ3v) is 4.42. The normalized spacial score (nSPS) is 21.8. The van der Waals surface area contributed by atoms with E-state index in [9.17, 15) is 0 Å². The van der Waals surface area contributed by atoms with Gasteiger partial charge in [-0.3, -0.25) is 4.90 Å². The summed E-state index contributed by atoms with van der Waals surface area (Å²) in [4.78, 5) is 5.54. The minimum Gasteiger partial charge on any atom is -0.315 e. The third-order valence-electron chi connectivity index (χ3n) is 3.32. The Hall–Kier alpha value is -0.380. The van der Waals surface area contributed by atoms with Crippen molar-refractivity contribution in [2.75, 3.05) is 20.1 Å². The Kier molecular flexibility index (Phi) is 4.00. The Bertz CT molecular complexity index is 346. The highest BCUT2D eigenvalue weighted by molar-refractivity contribution is 7.12. The van der Waals surface area contributed by atoms with Crippen LogP contribution in [0.15, 0.2) is 6.07 Å². The van der Waals surface area contributed by atoms with Crippen LogP contribution in [-0.4, -0.2) is 25.0 Å². The molecule has 2 rings (SSSR count). The van der Waals surface area contributed by atoms with E-state index in [1.807, 2.05) is 18.4 Å². The van der Waals surface area contributed by atoms with Crippen LogP contribution < -0.4 is 5.32 Å². The van der Waals surface area contributed by atoms with Gasteiger partial charge in [0.05, 0.1) is 0 Å². The molecule has 1 fully saturated rings. The van der Waals surface area contributed by atoms with Crippen molar-refractivity contribution < 1.29 is 0 Å². The summed E-state index contributed by atoms with van der Waals surface area (Å²) in [5.41, 5.74) is 1.53. The molecule has 0 amide bonds. The van der Waals surface area contributed by atoms with Crippen LogP contribution in [0, 0.1) is 12.8 Å². The predicted octanol–water partition coefficient (Wildman–Crippen LogP) is 2.62. The van der Waals surface area contributed by atoms with Crippen molar-refractivity contribution in [1.29, 1.82) is 0 Å². The second-order valence-corrected chi connectivity index (χ2v) is 6.29. The summed E-state index contributed by atoms with van der Waals surface area (Å²) in [7, 11) is 2.01. The molecule has 1 aliphatic rings. The zero-order valence-corrected chi connectivity index (χ0v) is 11.4. The zero-order chi connectivity index (χ0) is 11.5. The van der Waals surface area contributed by atoms with Crippen molar-refractivity contribution in [3.05, 3.63) is 21.4 Å². The van der Waals surface area contributed by atoms with Gasteiger partial charge in [0.1, 0.15) is 0 Å². The molecule has 1 aromatic heterocycles. The van der Waals surface area contributed by atoms with Gasteiger partial charge in [-0.25, -0.2) is 0 Å². The van der Waals surface area contributed by atoms with Gasteiger partial charge in [-0.1, -0.05) is 6.92 Å². The number of thiophene rings is 1. The van der Waals surface area contributed by atoms with Crippen LogP contribution in [0.5, 0.6) is 0 Å². The molecule has 2 nitrogen and oxygen atoms in total. The number of aryl methyl sites for hydroxylation is 1. The molecule has 3 heteroatoms. The molecule has 0 saturated carbocycles. The number of hydrogen-bond donors (Lipinski definition) is 1. The molecule has 2 heterocycles. The van der Waals surface area contributed by atoms with Crippen LogP contribution >= 0.6 is 11.3 Å². The molecular formula is C13H22N2S. The molecule has 0 bridgehead atoms. The average molecular weight is 238 g/mol. The highest BCUT2D eigenvalue weighted by Gasteiger charge is 2.19. The van der Waals surface area contributed by atoms with E-state index in [1.165, 1.54) is 34.8 Å². The van der Waals surface area contributed by atoms with Crippen LogP contribution in [-0.2, 0) is 13.1 Å². The minimum atomic E-state index is 0.885. The van der Waals surface area contributed by atoms with Gasteiger partial charge < -0.3 is 5.32 Å². The van der Waals surface area contributed by atoms with Crippen LogP contribution in [0.25, 0.3) is 0 Å². The van der Waals surface area contributed by atoms with Crippen molar-refractivity contribution in [2.45, 2.75) is 33.4 Å². The first kappa shape index (κ1) is 12.1. The van der Waals surface area contributed by atoms with Crippen LogP contribution in [0.3, 0.4) is 0 Å². The molecular weight excluding hydrogens is 216 g/mol. The van der Waals surface area contributed by atoms with Gasteiger partial charge in [-0.15, -0.1) is 11.3 Å². The molecule has 1 aliphatic heterocycles. The van der Waals surface area contributed by atoms with E-state index in [0.717, 1.165) is 19.0 Å². The topological polar surface area (TPSA) is 15.3 Å². The molecule has 1 atom stereocenters. The maximum absolute atomic E-state index is 3.22. The molecule has 90 valence electrons. The number of likely N-dealkylation sites (tertiary alicyclic amines) is 1. The van der Waals surface area contributed by atoms with Crippen molar-refractivity contribution in [2.24, 2.45) is 5.92 Å². The largest absolute Gasteiger partial charge is 0.315 e. The van der Waals surface area contributed by atoms with E-state index in [-0.39, 0.29) is 0 Å². The highest BCUT2D eigenvalue weighted by Crippen LogP contribution is 2.25. The van der Waals surface area contributed by atoms with Gasteiger partial charge in [0, 0.05) is 29.4 Å². The summed E-state index contributed by atoms with van der Waals surface area (Å²) in [6.45, 7) is 9.30. The highest BCUT2D eigenvalue weighted by atomic mass is 32.1. The fourth-order valence-corrected chi connectivity index (χ4v) is 3.48. The van der Waals surface area contributed by atoms with Crippen LogP contribution in [0.1, 0.15) is 28.7 Å². The molecule has 0 aromatic carbocycles. The van der Waals surface area contributed by atoms with Crippen molar-refractivity contribution in [3.8, 4) is 0 Å². The number of rotatable bonds is 4. The molecule has 16 heavy (non-hydrogen) atoms. The van der Waals surface area contributed by atoms with Crippen molar-refractivity contribution in [1.82, 2.24) is 10.2 Å². The second kappa shape index (κ2) is 5.30. The molecule has 0 aliphatic carbocycles. The summed E-state index contributed by atoms with van der Waals surface area (Å²) in [6.07, 6.45) is 1.37. The lowest BCUT2D eigenvalue weighted by Crippen LogP contribution is -2.19. The Balaban J connectivity index is 1.98. The van der Waals surface area contributed by atoms with E-state index >= 15 is 0 Å². The van der Waals surface area contributed by atoms with E-state index in [0.29, 0.717) is 0 Å². The molecule has 1 unspecified atom stereocenters. The lowest BCUT2D eigenvalue weighted by atomic mass is 10.2. The Labute approximate surface area is 103 Å². The molecule has 0 radical (unpaired) electrons. The molecule has 0 spiro atoms. The molecule has 1 N–H and O–H groups in total. The second-order valence-electron chi connectivity index (χ2n) is 4.95. The summed E-state index contributed by atoms with van der Waals surface area (Å²) in [6, 6.07) is 2.37. The summed E-state index contributed by atoms with van der Waals surface area (Å²) < 4.78 is 0.